The van der Waals surface area contributed by atoms with Crippen molar-refractivity contribution >= 4 is 44.4 Å². The number of carbonyl (C=O) groups is 1. The summed E-state index contributed by atoms with van der Waals surface area (Å²) in [5.74, 6) is 0.652. The van der Waals surface area contributed by atoms with Gasteiger partial charge in [0.2, 0.25) is 0 Å². The first-order chi connectivity index (χ1) is 9.15. The van der Waals surface area contributed by atoms with Gasteiger partial charge in [-0.15, -0.1) is 0 Å². The lowest BCUT2D eigenvalue weighted by atomic mass is 10.1. The maximum absolute atomic E-state index is 12.4. The zero-order valence-electron chi connectivity index (χ0n) is 10.4. The van der Waals surface area contributed by atoms with E-state index in [0.717, 1.165) is 21.1 Å². The number of benzene rings is 1. The van der Waals surface area contributed by atoms with Gasteiger partial charge in [0.25, 0.3) is 5.91 Å². The van der Waals surface area contributed by atoms with E-state index in [0.29, 0.717) is 11.5 Å². The molecule has 3 nitrogen and oxygen atoms in total. The van der Waals surface area contributed by atoms with Crippen LogP contribution in [0.5, 0.6) is 0 Å². The number of amides is 1. The van der Waals surface area contributed by atoms with Gasteiger partial charge in [0.15, 0.2) is 0 Å². The zero-order chi connectivity index (χ0) is 13.4. The highest BCUT2D eigenvalue weighted by atomic mass is 127. The van der Waals surface area contributed by atoms with Crippen LogP contribution in [0.4, 0.5) is 0 Å². The molecule has 1 aromatic rings. The molecule has 1 N–H and O–H groups in total. The molecule has 2 atom stereocenters. The second-order valence-corrected chi connectivity index (χ2v) is 7.27. The summed E-state index contributed by atoms with van der Waals surface area (Å²) in [5.41, 5.74) is 0.702. The molecule has 2 unspecified atom stereocenters. The molecule has 1 saturated heterocycles. The molecule has 2 aliphatic rings. The second-order valence-electron chi connectivity index (χ2n) is 5.17. The molecule has 19 heavy (non-hydrogen) atoms. The maximum Gasteiger partial charge on any atom is 0.252 e. The molecule has 1 aliphatic heterocycles. The Bertz CT molecular complexity index is 504. The summed E-state index contributed by atoms with van der Waals surface area (Å²) in [4.78, 5) is 12.4. The van der Waals surface area contributed by atoms with Crippen LogP contribution in [0.3, 0.4) is 0 Å². The van der Waals surface area contributed by atoms with Gasteiger partial charge in [-0.05, 0) is 81.9 Å². The molecule has 0 spiro atoms. The first-order valence-electron chi connectivity index (χ1n) is 6.52. The highest BCUT2D eigenvalue weighted by Gasteiger charge is 2.41. The first-order valence-corrected chi connectivity index (χ1v) is 8.40. The number of ether oxygens (including phenoxy) is 1. The Morgan fingerprint density at radius 1 is 1.37 bits per heavy atom. The van der Waals surface area contributed by atoms with Crippen LogP contribution in [0.1, 0.15) is 29.6 Å². The summed E-state index contributed by atoms with van der Waals surface area (Å²) in [6.07, 6.45) is 3.63. The van der Waals surface area contributed by atoms with Gasteiger partial charge in [-0.3, -0.25) is 4.79 Å². The molecule has 102 valence electrons. The SMILES string of the molecule is O=C(NC1CCOC1C1CC1)c1cc(I)ccc1Br. The lowest BCUT2D eigenvalue weighted by Crippen LogP contribution is -2.41. The highest BCUT2D eigenvalue weighted by molar-refractivity contribution is 14.1. The third kappa shape index (κ3) is 3.13. The summed E-state index contributed by atoms with van der Waals surface area (Å²) in [5, 5.41) is 3.14. The van der Waals surface area contributed by atoms with Crippen molar-refractivity contribution in [2.45, 2.75) is 31.4 Å². The van der Waals surface area contributed by atoms with Crippen molar-refractivity contribution < 1.29 is 9.53 Å². The Hall–Kier alpha value is -0.140. The molecule has 0 radical (unpaired) electrons. The summed E-state index contributed by atoms with van der Waals surface area (Å²) in [7, 11) is 0. The number of carbonyl (C=O) groups excluding carboxylic acids is 1. The van der Waals surface area contributed by atoms with Gasteiger partial charge in [0.05, 0.1) is 17.7 Å². The molecule has 1 aliphatic carbocycles. The Balaban J connectivity index is 1.72. The van der Waals surface area contributed by atoms with E-state index >= 15 is 0 Å². The van der Waals surface area contributed by atoms with Gasteiger partial charge < -0.3 is 10.1 Å². The zero-order valence-corrected chi connectivity index (χ0v) is 14.1. The molecular weight excluding hydrogens is 421 g/mol. The molecule has 0 aromatic heterocycles. The molecule has 1 saturated carbocycles. The first kappa shape index (κ1) is 13.8. The van der Waals surface area contributed by atoms with Crippen molar-refractivity contribution in [2.24, 2.45) is 5.92 Å². The minimum atomic E-state index is -0.00783. The van der Waals surface area contributed by atoms with Gasteiger partial charge in [-0.2, -0.15) is 0 Å². The van der Waals surface area contributed by atoms with Crippen LogP contribution in [-0.4, -0.2) is 24.7 Å². The van der Waals surface area contributed by atoms with E-state index in [9.17, 15) is 4.79 Å². The highest BCUT2D eigenvalue weighted by Crippen LogP contribution is 2.38. The van der Waals surface area contributed by atoms with E-state index in [1.807, 2.05) is 18.2 Å². The summed E-state index contributed by atoms with van der Waals surface area (Å²) in [6.45, 7) is 0.763. The predicted molar refractivity (Wildman–Crippen MR) is 85.2 cm³/mol. The van der Waals surface area contributed by atoms with Crippen molar-refractivity contribution in [3.05, 3.63) is 31.8 Å². The molecule has 1 aromatic carbocycles. The maximum atomic E-state index is 12.4. The Morgan fingerprint density at radius 2 is 2.16 bits per heavy atom. The number of hydrogen-bond acceptors (Lipinski definition) is 2. The average molecular weight is 436 g/mol. The average Bonchev–Trinajstić information content (AvgIpc) is 3.13. The number of halogens is 2. The molecule has 5 heteroatoms. The molecule has 0 bridgehead atoms. The smallest absolute Gasteiger partial charge is 0.252 e. The van der Waals surface area contributed by atoms with Crippen molar-refractivity contribution in [3.8, 4) is 0 Å². The third-order valence-electron chi connectivity index (χ3n) is 3.71. The van der Waals surface area contributed by atoms with Gasteiger partial charge in [-0.25, -0.2) is 0 Å². The fraction of sp³-hybridized carbons (Fsp3) is 0.500. The Morgan fingerprint density at radius 3 is 2.89 bits per heavy atom. The lowest BCUT2D eigenvalue weighted by Gasteiger charge is -2.19. The Labute approximate surface area is 134 Å². The summed E-state index contributed by atoms with van der Waals surface area (Å²) >= 11 is 5.66. The van der Waals surface area contributed by atoms with Crippen molar-refractivity contribution in [3.63, 3.8) is 0 Å². The molecule has 3 rings (SSSR count). The standard InChI is InChI=1S/C14H15BrINO2/c15-11-4-3-9(16)7-10(11)14(18)17-12-5-6-19-13(12)8-1-2-8/h3-4,7-8,12-13H,1-2,5-6H2,(H,17,18). The number of nitrogens with one attached hydrogen (secondary N) is 1. The third-order valence-corrected chi connectivity index (χ3v) is 5.07. The predicted octanol–water partition coefficient (Wildman–Crippen LogP) is 3.35. The second kappa shape index (κ2) is 5.69. The van der Waals surface area contributed by atoms with Gasteiger partial charge >= 0.3 is 0 Å². The van der Waals surface area contributed by atoms with E-state index < -0.39 is 0 Å². The molecule has 1 amide bonds. The molecule has 1 heterocycles. The number of hydrogen-bond donors (Lipinski definition) is 1. The minimum Gasteiger partial charge on any atom is -0.376 e. The van der Waals surface area contributed by atoms with Gasteiger partial charge in [0, 0.05) is 14.6 Å². The van der Waals surface area contributed by atoms with Crippen LogP contribution in [0, 0.1) is 9.49 Å². The van der Waals surface area contributed by atoms with Crippen molar-refractivity contribution in [1.82, 2.24) is 5.32 Å². The van der Waals surface area contributed by atoms with Crippen molar-refractivity contribution in [1.29, 1.82) is 0 Å². The fourth-order valence-electron chi connectivity index (χ4n) is 2.57. The van der Waals surface area contributed by atoms with Gasteiger partial charge in [-0.1, -0.05) is 0 Å². The van der Waals surface area contributed by atoms with Crippen LogP contribution in [0.25, 0.3) is 0 Å². The monoisotopic (exact) mass is 435 g/mol. The van der Waals surface area contributed by atoms with E-state index in [1.54, 1.807) is 0 Å². The van der Waals surface area contributed by atoms with Crippen LogP contribution >= 0.6 is 38.5 Å². The van der Waals surface area contributed by atoms with Crippen LogP contribution < -0.4 is 5.32 Å². The topological polar surface area (TPSA) is 38.3 Å². The lowest BCUT2D eigenvalue weighted by molar-refractivity contribution is 0.0729. The van der Waals surface area contributed by atoms with E-state index in [4.69, 9.17) is 4.74 Å². The fourth-order valence-corrected chi connectivity index (χ4v) is 3.49. The van der Waals surface area contributed by atoms with E-state index in [-0.39, 0.29) is 18.1 Å². The van der Waals surface area contributed by atoms with E-state index in [2.05, 4.69) is 43.8 Å². The van der Waals surface area contributed by atoms with Crippen LogP contribution in [0.2, 0.25) is 0 Å². The Kier molecular flexibility index (Phi) is 4.14. The largest absolute Gasteiger partial charge is 0.376 e. The number of rotatable bonds is 3. The van der Waals surface area contributed by atoms with Crippen LogP contribution in [0.15, 0.2) is 22.7 Å². The van der Waals surface area contributed by atoms with Crippen molar-refractivity contribution in [2.75, 3.05) is 6.61 Å². The minimum absolute atomic E-state index is 0.00783. The van der Waals surface area contributed by atoms with E-state index in [1.165, 1.54) is 12.8 Å². The normalized spacial score (nSPS) is 26.4. The molecule has 2 fully saturated rings. The summed E-state index contributed by atoms with van der Waals surface area (Å²) in [6, 6.07) is 5.97. The van der Waals surface area contributed by atoms with Gasteiger partial charge in [0.1, 0.15) is 0 Å². The van der Waals surface area contributed by atoms with Crippen LogP contribution in [-0.2, 0) is 4.74 Å². The quantitative estimate of drug-likeness (QED) is 0.739. The molecular formula is C14H15BrINO2. The summed E-state index contributed by atoms with van der Waals surface area (Å²) < 4.78 is 7.65.